The van der Waals surface area contributed by atoms with Crippen LogP contribution in [-0.4, -0.2) is 23.4 Å². The SMILES string of the molecule is Cc1nc(N[C@H](C)c2cccc(C(F)F)c2F)c2cc(S(=O)(=O)Nc3ccccc3)ncc2n1. The predicted octanol–water partition coefficient (Wildman–Crippen LogP) is 5.38. The average Bonchev–Trinajstić information content (AvgIpc) is 2.79. The number of sulfonamides is 1. The number of benzene rings is 2. The number of anilines is 2. The van der Waals surface area contributed by atoms with E-state index < -0.39 is 33.9 Å². The fourth-order valence-corrected chi connectivity index (χ4v) is 4.47. The summed E-state index contributed by atoms with van der Waals surface area (Å²) < 4.78 is 69.1. The molecule has 0 amide bonds. The molecule has 7 nitrogen and oxygen atoms in total. The number of hydrogen-bond acceptors (Lipinski definition) is 6. The number of alkyl halides is 2. The van der Waals surface area contributed by atoms with Crippen molar-refractivity contribution in [2.45, 2.75) is 31.3 Å². The van der Waals surface area contributed by atoms with Gasteiger partial charge in [-0.2, -0.15) is 8.42 Å². The van der Waals surface area contributed by atoms with Gasteiger partial charge in [-0.1, -0.05) is 36.4 Å². The maximum atomic E-state index is 14.6. The number of aryl methyl sites for hydroxylation is 1. The lowest BCUT2D eigenvalue weighted by molar-refractivity contribution is 0.146. The van der Waals surface area contributed by atoms with E-state index in [1.54, 1.807) is 44.2 Å². The maximum Gasteiger partial charge on any atom is 0.279 e. The Hall–Kier alpha value is -3.73. The molecule has 0 unspecified atom stereocenters. The third kappa shape index (κ3) is 4.79. The van der Waals surface area contributed by atoms with Gasteiger partial charge in [0.25, 0.3) is 16.4 Å². The van der Waals surface area contributed by atoms with Gasteiger partial charge < -0.3 is 5.32 Å². The van der Waals surface area contributed by atoms with E-state index in [2.05, 4.69) is 25.0 Å². The topological polar surface area (TPSA) is 96.9 Å². The summed E-state index contributed by atoms with van der Waals surface area (Å²) in [6.07, 6.45) is -1.65. The maximum absolute atomic E-state index is 14.6. The van der Waals surface area contributed by atoms with Gasteiger partial charge >= 0.3 is 0 Å². The lowest BCUT2D eigenvalue weighted by atomic mass is 10.0. The number of nitrogens with one attached hydrogen (secondary N) is 2. The first-order valence-corrected chi connectivity index (χ1v) is 11.7. The fraction of sp³-hybridized carbons (Fsp3) is 0.174. The molecular weight excluding hydrogens is 467 g/mol. The number of fused-ring (bicyclic) bond motifs is 1. The Morgan fingerprint density at radius 1 is 0.971 bits per heavy atom. The van der Waals surface area contributed by atoms with Gasteiger partial charge in [0.15, 0.2) is 5.03 Å². The molecule has 0 fully saturated rings. The second kappa shape index (κ2) is 9.26. The zero-order valence-electron chi connectivity index (χ0n) is 18.1. The Bertz CT molecular complexity index is 1450. The Morgan fingerprint density at radius 2 is 1.68 bits per heavy atom. The summed E-state index contributed by atoms with van der Waals surface area (Å²) in [6, 6.07) is 12.7. The molecule has 34 heavy (non-hydrogen) atoms. The van der Waals surface area contributed by atoms with Crippen molar-refractivity contribution in [3.05, 3.63) is 83.6 Å². The lowest BCUT2D eigenvalue weighted by Crippen LogP contribution is -2.15. The van der Waals surface area contributed by atoms with Crippen LogP contribution >= 0.6 is 0 Å². The van der Waals surface area contributed by atoms with Crippen LogP contribution in [0.4, 0.5) is 24.7 Å². The van der Waals surface area contributed by atoms with Crippen LogP contribution in [0.25, 0.3) is 10.9 Å². The van der Waals surface area contributed by atoms with Gasteiger partial charge in [0.2, 0.25) is 0 Å². The number of hydrogen-bond donors (Lipinski definition) is 2. The summed E-state index contributed by atoms with van der Waals surface area (Å²) in [7, 11) is -4.02. The van der Waals surface area contributed by atoms with Crippen LogP contribution in [0.15, 0.2) is 65.8 Å². The molecule has 176 valence electrons. The molecule has 0 radical (unpaired) electrons. The monoisotopic (exact) mass is 487 g/mol. The molecule has 0 bridgehead atoms. The largest absolute Gasteiger partial charge is 0.363 e. The molecule has 11 heteroatoms. The van der Waals surface area contributed by atoms with E-state index in [9.17, 15) is 21.6 Å². The summed E-state index contributed by atoms with van der Waals surface area (Å²) in [4.78, 5) is 12.6. The molecular formula is C23H20F3N5O2S. The first-order chi connectivity index (χ1) is 16.2. The normalized spacial score (nSPS) is 12.6. The number of aromatic nitrogens is 3. The van der Waals surface area contributed by atoms with Gasteiger partial charge in [-0.3, -0.25) is 4.72 Å². The first-order valence-electron chi connectivity index (χ1n) is 10.2. The van der Waals surface area contributed by atoms with Gasteiger partial charge in [0.1, 0.15) is 17.5 Å². The highest BCUT2D eigenvalue weighted by molar-refractivity contribution is 7.92. The van der Waals surface area contributed by atoms with E-state index >= 15 is 0 Å². The molecule has 2 N–H and O–H groups in total. The van der Waals surface area contributed by atoms with E-state index in [4.69, 9.17) is 0 Å². The minimum Gasteiger partial charge on any atom is -0.363 e. The van der Waals surface area contributed by atoms with Crippen LogP contribution < -0.4 is 10.0 Å². The number of halogens is 3. The highest BCUT2D eigenvalue weighted by Gasteiger charge is 2.22. The van der Waals surface area contributed by atoms with Crippen molar-refractivity contribution in [2.75, 3.05) is 10.0 Å². The lowest BCUT2D eigenvalue weighted by Gasteiger charge is -2.19. The molecule has 0 aliphatic carbocycles. The van der Waals surface area contributed by atoms with E-state index in [-0.39, 0.29) is 16.4 Å². The van der Waals surface area contributed by atoms with Crippen molar-refractivity contribution in [1.29, 1.82) is 0 Å². The second-order valence-electron chi connectivity index (χ2n) is 7.55. The Morgan fingerprint density at radius 3 is 2.38 bits per heavy atom. The van der Waals surface area contributed by atoms with Crippen molar-refractivity contribution >= 4 is 32.4 Å². The van der Waals surface area contributed by atoms with Gasteiger partial charge in [-0.25, -0.2) is 28.1 Å². The number of nitrogens with zero attached hydrogens (tertiary/aromatic N) is 3. The average molecular weight is 488 g/mol. The number of rotatable bonds is 7. The van der Waals surface area contributed by atoms with Crippen LogP contribution in [0.5, 0.6) is 0 Å². The fourth-order valence-electron chi connectivity index (χ4n) is 3.45. The molecule has 1 atom stereocenters. The summed E-state index contributed by atoms with van der Waals surface area (Å²) in [5, 5.41) is 3.06. The highest BCUT2D eigenvalue weighted by atomic mass is 32.2. The minimum absolute atomic E-state index is 0.0230. The molecule has 4 aromatic rings. The zero-order chi connectivity index (χ0) is 24.5. The smallest absolute Gasteiger partial charge is 0.279 e. The summed E-state index contributed by atoms with van der Waals surface area (Å²) in [6.45, 7) is 3.22. The van der Waals surface area contributed by atoms with Crippen LogP contribution in [0.3, 0.4) is 0 Å². The molecule has 4 rings (SSSR count). The molecule has 2 aromatic heterocycles. The summed E-state index contributed by atoms with van der Waals surface area (Å²) >= 11 is 0. The Labute approximate surface area is 194 Å². The summed E-state index contributed by atoms with van der Waals surface area (Å²) in [5.74, 6) is -0.427. The van der Waals surface area contributed by atoms with Gasteiger partial charge in [-0.05, 0) is 32.0 Å². The highest BCUT2D eigenvalue weighted by Crippen LogP contribution is 2.31. The van der Waals surface area contributed by atoms with Crippen molar-refractivity contribution in [3.63, 3.8) is 0 Å². The van der Waals surface area contributed by atoms with E-state index in [0.29, 0.717) is 22.4 Å². The van der Waals surface area contributed by atoms with Crippen LogP contribution in [0.1, 0.15) is 36.3 Å². The Balaban J connectivity index is 1.73. The van der Waals surface area contributed by atoms with Crippen LogP contribution in [-0.2, 0) is 10.0 Å². The third-order valence-electron chi connectivity index (χ3n) is 5.08. The van der Waals surface area contributed by atoms with E-state index in [1.165, 1.54) is 24.4 Å². The van der Waals surface area contributed by atoms with E-state index in [0.717, 1.165) is 6.07 Å². The van der Waals surface area contributed by atoms with E-state index in [1.807, 2.05) is 0 Å². The van der Waals surface area contributed by atoms with Gasteiger partial charge in [0, 0.05) is 16.6 Å². The molecule has 0 saturated heterocycles. The third-order valence-corrected chi connectivity index (χ3v) is 6.36. The van der Waals surface area contributed by atoms with Crippen LogP contribution in [0.2, 0.25) is 0 Å². The van der Waals surface area contributed by atoms with Crippen molar-refractivity contribution < 1.29 is 21.6 Å². The van der Waals surface area contributed by atoms with Crippen molar-refractivity contribution in [2.24, 2.45) is 0 Å². The quantitative estimate of drug-likeness (QED) is 0.363. The van der Waals surface area contributed by atoms with Crippen LogP contribution in [0, 0.1) is 12.7 Å². The Kier molecular flexibility index (Phi) is 6.38. The predicted molar refractivity (Wildman–Crippen MR) is 123 cm³/mol. The second-order valence-corrected chi connectivity index (χ2v) is 9.18. The molecule has 2 aromatic carbocycles. The minimum atomic E-state index is -4.02. The summed E-state index contributed by atoms with van der Waals surface area (Å²) in [5.41, 5.74) is 0.0582. The number of para-hydroxylation sites is 1. The molecule has 0 saturated carbocycles. The van der Waals surface area contributed by atoms with Gasteiger partial charge in [0.05, 0.1) is 23.3 Å². The molecule has 0 aliphatic rings. The van der Waals surface area contributed by atoms with Crippen molar-refractivity contribution in [3.8, 4) is 0 Å². The standard InChI is InChI=1S/C23H20F3N5O2S/c1-13(16-9-6-10-17(21(16)24)22(25)26)28-23-18-11-20(27-12-19(18)29-14(2)30-23)34(32,33)31-15-7-4-3-5-8-15/h3-13,22,31H,1-2H3,(H,28,29,30)/t13-/m1/s1. The van der Waals surface area contributed by atoms with Crippen molar-refractivity contribution in [1.82, 2.24) is 15.0 Å². The number of pyridine rings is 1. The molecule has 0 aliphatic heterocycles. The molecule has 2 heterocycles. The first kappa shape index (κ1) is 23.4. The van der Waals surface area contributed by atoms with Gasteiger partial charge in [-0.15, -0.1) is 0 Å². The zero-order valence-corrected chi connectivity index (χ0v) is 18.9. The molecule has 0 spiro atoms.